The zero-order valence-electron chi connectivity index (χ0n) is 15.8. The maximum atomic E-state index is 13.3. The first-order chi connectivity index (χ1) is 12.8. The van der Waals surface area contributed by atoms with E-state index in [0.717, 1.165) is 6.54 Å². The number of methoxy groups -OCH3 is 1. The van der Waals surface area contributed by atoms with Gasteiger partial charge in [-0.3, -0.25) is 14.9 Å². The van der Waals surface area contributed by atoms with Crippen LogP contribution in [-0.2, 0) is 7.05 Å². The topological polar surface area (TPSA) is 89.6 Å². The van der Waals surface area contributed by atoms with Gasteiger partial charge in [0.25, 0.3) is 5.69 Å². The molecule has 0 amide bonds. The van der Waals surface area contributed by atoms with E-state index in [2.05, 4.69) is 5.32 Å². The van der Waals surface area contributed by atoms with Gasteiger partial charge in [0.15, 0.2) is 5.43 Å². The number of rotatable bonds is 6. The summed E-state index contributed by atoms with van der Waals surface area (Å²) >= 11 is 0. The highest BCUT2D eigenvalue weighted by atomic mass is 16.6. The van der Waals surface area contributed by atoms with Crippen molar-refractivity contribution in [2.45, 2.75) is 0 Å². The fraction of sp³-hybridized carbons (Fsp3) is 0.316. The standard InChI is InChI=1S/C19H22N4O4/c1-21(2)10-9-20-14-6-8-16(23(25)26)18-17(14)19(24)13-11-12(27-4)5-7-15(13)22(18)3/h5-8,11,20H,9-10H2,1-4H3. The molecule has 27 heavy (non-hydrogen) atoms. The van der Waals surface area contributed by atoms with Gasteiger partial charge in [0.2, 0.25) is 0 Å². The van der Waals surface area contributed by atoms with Crippen molar-refractivity contribution in [3.8, 4) is 5.75 Å². The van der Waals surface area contributed by atoms with Crippen LogP contribution in [0.4, 0.5) is 11.4 Å². The lowest BCUT2D eigenvalue weighted by molar-refractivity contribution is -0.383. The molecule has 0 radical (unpaired) electrons. The van der Waals surface area contributed by atoms with E-state index in [1.807, 2.05) is 19.0 Å². The third kappa shape index (κ3) is 3.31. The van der Waals surface area contributed by atoms with Crippen LogP contribution in [0.1, 0.15) is 0 Å². The molecule has 3 aromatic rings. The average molecular weight is 370 g/mol. The lowest BCUT2D eigenvalue weighted by Crippen LogP contribution is -2.21. The van der Waals surface area contributed by atoms with Gasteiger partial charge in [0.05, 0.1) is 28.3 Å². The molecule has 0 bridgehead atoms. The van der Waals surface area contributed by atoms with Crippen molar-refractivity contribution < 1.29 is 9.66 Å². The highest BCUT2D eigenvalue weighted by Crippen LogP contribution is 2.32. The number of non-ortho nitro benzene ring substituents is 1. The van der Waals surface area contributed by atoms with Crippen LogP contribution in [0.15, 0.2) is 35.1 Å². The third-order valence-electron chi connectivity index (χ3n) is 4.60. The second-order valence-electron chi connectivity index (χ2n) is 6.61. The van der Waals surface area contributed by atoms with Gasteiger partial charge in [-0.1, -0.05) is 0 Å². The van der Waals surface area contributed by atoms with Crippen molar-refractivity contribution >= 4 is 33.2 Å². The molecule has 3 rings (SSSR count). The summed E-state index contributed by atoms with van der Waals surface area (Å²) in [5.41, 5.74) is 1.15. The zero-order chi connectivity index (χ0) is 19.7. The molecule has 142 valence electrons. The highest BCUT2D eigenvalue weighted by Gasteiger charge is 2.21. The molecule has 8 nitrogen and oxygen atoms in total. The molecule has 0 unspecified atom stereocenters. The normalized spacial score (nSPS) is 11.3. The number of aromatic nitrogens is 1. The maximum Gasteiger partial charge on any atom is 0.293 e. The lowest BCUT2D eigenvalue weighted by Gasteiger charge is -2.16. The number of nitrogens with zero attached hydrogens (tertiary/aromatic N) is 3. The first-order valence-electron chi connectivity index (χ1n) is 8.51. The molecule has 0 saturated carbocycles. The van der Waals surface area contributed by atoms with Crippen LogP contribution in [0, 0.1) is 10.1 Å². The number of anilines is 1. The molecule has 2 aromatic carbocycles. The third-order valence-corrected chi connectivity index (χ3v) is 4.60. The Balaban J connectivity index is 2.36. The molecule has 0 fully saturated rings. The Bertz CT molecular complexity index is 1090. The van der Waals surface area contributed by atoms with Gasteiger partial charge in [-0.25, -0.2) is 0 Å². The summed E-state index contributed by atoms with van der Waals surface area (Å²) in [4.78, 5) is 26.4. The Morgan fingerprint density at radius 2 is 2.00 bits per heavy atom. The first kappa shape index (κ1) is 18.7. The van der Waals surface area contributed by atoms with Crippen molar-refractivity contribution in [3.05, 3.63) is 50.7 Å². The number of pyridine rings is 1. The number of benzene rings is 2. The number of ether oxygens (including phenoxy) is 1. The molecular weight excluding hydrogens is 348 g/mol. The van der Waals surface area contributed by atoms with E-state index in [1.54, 1.807) is 35.9 Å². The zero-order valence-corrected chi connectivity index (χ0v) is 15.8. The Morgan fingerprint density at radius 1 is 1.26 bits per heavy atom. The SMILES string of the molecule is COc1ccc2c(c1)c(=O)c1c(NCCN(C)C)ccc([N+](=O)[O-])c1n2C. The summed E-state index contributed by atoms with van der Waals surface area (Å²) in [7, 11) is 7.17. The van der Waals surface area contributed by atoms with Gasteiger partial charge < -0.3 is 19.5 Å². The number of nitro benzene ring substituents is 1. The Hall–Kier alpha value is -3.13. The van der Waals surface area contributed by atoms with Gasteiger partial charge in [0, 0.05) is 31.9 Å². The fourth-order valence-corrected chi connectivity index (χ4v) is 3.23. The fourth-order valence-electron chi connectivity index (χ4n) is 3.23. The van der Waals surface area contributed by atoms with Crippen molar-refractivity contribution in [2.24, 2.45) is 7.05 Å². The smallest absolute Gasteiger partial charge is 0.293 e. The quantitative estimate of drug-likeness (QED) is 0.407. The van der Waals surface area contributed by atoms with E-state index >= 15 is 0 Å². The number of fused-ring (bicyclic) bond motifs is 2. The van der Waals surface area contributed by atoms with Crippen molar-refractivity contribution in [1.82, 2.24) is 9.47 Å². The van der Waals surface area contributed by atoms with Crippen LogP contribution in [0.25, 0.3) is 21.8 Å². The van der Waals surface area contributed by atoms with Crippen LogP contribution < -0.4 is 15.5 Å². The van der Waals surface area contributed by atoms with Gasteiger partial charge >= 0.3 is 0 Å². The predicted octanol–water partition coefficient (Wildman–Crippen LogP) is 2.58. The molecular formula is C19H22N4O4. The van der Waals surface area contributed by atoms with Crippen LogP contribution in [0.2, 0.25) is 0 Å². The van der Waals surface area contributed by atoms with Crippen LogP contribution >= 0.6 is 0 Å². The summed E-state index contributed by atoms with van der Waals surface area (Å²) < 4.78 is 6.93. The van der Waals surface area contributed by atoms with Crippen LogP contribution in [0.5, 0.6) is 5.75 Å². The molecule has 0 aliphatic heterocycles. The largest absolute Gasteiger partial charge is 0.497 e. The monoisotopic (exact) mass is 370 g/mol. The minimum absolute atomic E-state index is 0.0968. The first-order valence-corrected chi connectivity index (χ1v) is 8.51. The molecule has 0 aliphatic rings. The molecule has 1 N–H and O–H groups in total. The van der Waals surface area contributed by atoms with Crippen LogP contribution in [-0.4, -0.2) is 48.7 Å². The number of likely N-dealkylation sites (N-methyl/N-ethyl adjacent to an activating group) is 1. The summed E-state index contributed by atoms with van der Waals surface area (Å²) in [6.45, 7) is 1.37. The second-order valence-corrected chi connectivity index (χ2v) is 6.61. The Kier molecular flexibility index (Phi) is 5.00. The average Bonchev–Trinajstić information content (AvgIpc) is 2.64. The minimum atomic E-state index is -0.458. The number of hydrogen-bond donors (Lipinski definition) is 1. The van der Waals surface area contributed by atoms with Crippen LogP contribution in [0.3, 0.4) is 0 Å². The molecule has 1 aromatic heterocycles. The van der Waals surface area contributed by atoms with E-state index in [4.69, 9.17) is 4.74 Å². The van der Waals surface area contributed by atoms with Crippen molar-refractivity contribution in [2.75, 3.05) is 39.6 Å². The Morgan fingerprint density at radius 3 is 2.63 bits per heavy atom. The van der Waals surface area contributed by atoms with E-state index in [9.17, 15) is 14.9 Å². The number of hydrogen-bond acceptors (Lipinski definition) is 6. The molecule has 0 aliphatic carbocycles. The summed E-state index contributed by atoms with van der Waals surface area (Å²) in [5.74, 6) is 0.562. The highest BCUT2D eigenvalue weighted by molar-refractivity contribution is 6.04. The molecule has 0 saturated heterocycles. The number of aryl methyl sites for hydroxylation is 1. The van der Waals surface area contributed by atoms with Gasteiger partial charge in [-0.05, 0) is 38.4 Å². The number of nitrogens with one attached hydrogen (secondary N) is 1. The van der Waals surface area contributed by atoms with E-state index in [0.29, 0.717) is 39.8 Å². The molecule has 0 atom stereocenters. The molecule has 1 heterocycles. The van der Waals surface area contributed by atoms with E-state index in [-0.39, 0.29) is 11.1 Å². The molecule has 0 spiro atoms. The van der Waals surface area contributed by atoms with Crippen molar-refractivity contribution in [1.29, 1.82) is 0 Å². The summed E-state index contributed by atoms with van der Waals surface area (Å²) in [5, 5.41) is 15.6. The minimum Gasteiger partial charge on any atom is -0.497 e. The number of nitro groups is 1. The Labute approximate surface area is 156 Å². The molecule has 8 heteroatoms. The predicted molar refractivity (Wildman–Crippen MR) is 107 cm³/mol. The summed E-state index contributed by atoms with van der Waals surface area (Å²) in [6, 6.07) is 8.18. The summed E-state index contributed by atoms with van der Waals surface area (Å²) in [6.07, 6.45) is 0. The lowest BCUT2D eigenvalue weighted by atomic mass is 10.1. The van der Waals surface area contributed by atoms with Gasteiger partial charge in [0.1, 0.15) is 11.3 Å². The van der Waals surface area contributed by atoms with Gasteiger partial charge in [-0.2, -0.15) is 0 Å². The van der Waals surface area contributed by atoms with E-state index < -0.39 is 4.92 Å². The van der Waals surface area contributed by atoms with Crippen molar-refractivity contribution in [3.63, 3.8) is 0 Å². The second kappa shape index (κ2) is 7.24. The van der Waals surface area contributed by atoms with E-state index in [1.165, 1.54) is 13.2 Å². The van der Waals surface area contributed by atoms with Gasteiger partial charge in [-0.15, -0.1) is 0 Å². The maximum absolute atomic E-state index is 13.3.